The summed E-state index contributed by atoms with van der Waals surface area (Å²) in [5, 5.41) is 6.75. The van der Waals surface area contributed by atoms with Crippen molar-refractivity contribution >= 4 is 5.91 Å². The van der Waals surface area contributed by atoms with Crippen LogP contribution in [-0.4, -0.2) is 59.5 Å². The highest BCUT2D eigenvalue weighted by Crippen LogP contribution is 2.43. The average molecular weight is 321 g/mol. The van der Waals surface area contributed by atoms with Gasteiger partial charge in [-0.1, -0.05) is 0 Å². The number of methoxy groups -OCH3 is 2. The van der Waals surface area contributed by atoms with E-state index in [1.807, 2.05) is 17.3 Å². The molecule has 1 saturated carbocycles. The van der Waals surface area contributed by atoms with Crippen molar-refractivity contribution in [2.45, 2.75) is 62.7 Å². The average Bonchev–Trinajstić information content (AvgIpc) is 3.21. The zero-order chi connectivity index (χ0) is 16.3. The second-order valence-electron chi connectivity index (χ2n) is 6.71. The number of aromatic nitrogens is 2. The normalized spacial score (nSPS) is 30.4. The predicted molar refractivity (Wildman–Crippen MR) is 86.0 cm³/mol. The summed E-state index contributed by atoms with van der Waals surface area (Å²) in [5.74, 6) is 0.245. The van der Waals surface area contributed by atoms with E-state index in [0.717, 1.165) is 50.6 Å². The number of aryl methyl sites for hydroxylation is 1. The Morgan fingerprint density at radius 1 is 1.48 bits per heavy atom. The van der Waals surface area contributed by atoms with Gasteiger partial charge >= 0.3 is 0 Å². The molecule has 2 fully saturated rings. The molecule has 1 aromatic heterocycles. The molecule has 1 aliphatic heterocycles. The number of nitrogens with zero attached hydrogens (tertiary/aromatic N) is 2. The van der Waals surface area contributed by atoms with E-state index in [1.54, 1.807) is 14.2 Å². The first kappa shape index (κ1) is 16.5. The van der Waals surface area contributed by atoms with E-state index >= 15 is 0 Å². The first-order valence-corrected chi connectivity index (χ1v) is 8.53. The van der Waals surface area contributed by atoms with Gasteiger partial charge in [-0.2, -0.15) is 5.10 Å². The van der Waals surface area contributed by atoms with Gasteiger partial charge in [-0.15, -0.1) is 0 Å². The summed E-state index contributed by atoms with van der Waals surface area (Å²) in [5.41, 5.74) is 0.998. The highest BCUT2D eigenvalue weighted by Gasteiger charge is 2.52. The number of aromatic amines is 1. The number of carbonyl (C=O) groups is 1. The van der Waals surface area contributed by atoms with E-state index in [-0.39, 0.29) is 23.7 Å². The van der Waals surface area contributed by atoms with Crippen LogP contribution in [0.25, 0.3) is 0 Å². The fourth-order valence-corrected chi connectivity index (χ4v) is 4.18. The lowest BCUT2D eigenvalue weighted by molar-refractivity contribution is -0.140. The van der Waals surface area contributed by atoms with Crippen molar-refractivity contribution in [1.29, 1.82) is 0 Å². The monoisotopic (exact) mass is 321 g/mol. The van der Waals surface area contributed by atoms with Crippen molar-refractivity contribution < 1.29 is 14.3 Å². The van der Waals surface area contributed by atoms with Crippen molar-refractivity contribution in [3.63, 3.8) is 0 Å². The number of H-pyrrole nitrogens is 1. The van der Waals surface area contributed by atoms with Crippen LogP contribution >= 0.6 is 0 Å². The minimum Gasteiger partial charge on any atom is -0.381 e. The molecule has 0 spiro atoms. The Hall–Kier alpha value is -1.40. The standard InChI is InChI=1S/C17H27N3O3/c1-22-14-6-7-17(23-2)8-9-20(15(17)10-14)16(21)5-3-4-13-11-18-19-12-13/h11-12,14-15H,3-10H2,1-2H3,(H,18,19)/t14-,15+,17-/m1/s1. The van der Waals surface area contributed by atoms with E-state index in [9.17, 15) is 4.79 Å². The quantitative estimate of drug-likeness (QED) is 0.869. The van der Waals surface area contributed by atoms with Gasteiger partial charge in [0.15, 0.2) is 0 Å². The molecule has 0 radical (unpaired) electrons. The van der Waals surface area contributed by atoms with Gasteiger partial charge in [-0.25, -0.2) is 0 Å². The van der Waals surface area contributed by atoms with Crippen molar-refractivity contribution in [2.75, 3.05) is 20.8 Å². The van der Waals surface area contributed by atoms with Crippen LogP contribution in [0.1, 0.15) is 44.1 Å². The fourth-order valence-electron chi connectivity index (χ4n) is 4.18. The van der Waals surface area contributed by atoms with Crippen LogP contribution in [0.2, 0.25) is 0 Å². The fraction of sp³-hybridized carbons (Fsp3) is 0.765. The van der Waals surface area contributed by atoms with Gasteiger partial charge in [0.2, 0.25) is 5.91 Å². The zero-order valence-electron chi connectivity index (χ0n) is 14.1. The molecule has 0 bridgehead atoms. The molecular weight excluding hydrogens is 294 g/mol. The molecule has 1 aliphatic carbocycles. The van der Waals surface area contributed by atoms with Crippen LogP contribution in [0.15, 0.2) is 12.4 Å². The summed E-state index contributed by atoms with van der Waals surface area (Å²) in [7, 11) is 3.55. The first-order valence-electron chi connectivity index (χ1n) is 8.53. The molecular formula is C17H27N3O3. The Balaban J connectivity index is 1.59. The zero-order valence-corrected chi connectivity index (χ0v) is 14.1. The molecule has 6 heteroatoms. The van der Waals surface area contributed by atoms with Crippen LogP contribution in [0, 0.1) is 0 Å². The van der Waals surface area contributed by atoms with Crippen molar-refractivity contribution in [3.8, 4) is 0 Å². The maximum Gasteiger partial charge on any atom is 0.222 e. The maximum absolute atomic E-state index is 12.7. The number of rotatable bonds is 6. The van der Waals surface area contributed by atoms with E-state index < -0.39 is 0 Å². The Morgan fingerprint density at radius 2 is 2.35 bits per heavy atom. The number of hydrogen-bond acceptors (Lipinski definition) is 4. The summed E-state index contributed by atoms with van der Waals surface area (Å²) in [6.07, 6.45) is 10.1. The molecule has 3 atom stereocenters. The third kappa shape index (κ3) is 3.28. The minimum absolute atomic E-state index is 0.157. The topological polar surface area (TPSA) is 67.5 Å². The summed E-state index contributed by atoms with van der Waals surface area (Å²) in [6.45, 7) is 0.805. The Labute approximate surface area is 137 Å². The van der Waals surface area contributed by atoms with E-state index in [4.69, 9.17) is 9.47 Å². The van der Waals surface area contributed by atoms with Gasteiger partial charge in [-0.3, -0.25) is 9.89 Å². The summed E-state index contributed by atoms with van der Waals surface area (Å²) < 4.78 is 11.4. The molecule has 1 amide bonds. The molecule has 1 saturated heterocycles. The largest absolute Gasteiger partial charge is 0.381 e. The Morgan fingerprint density at radius 3 is 3.04 bits per heavy atom. The van der Waals surface area contributed by atoms with E-state index in [2.05, 4.69) is 10.2 Å². The predicted octanol–water partition coefficient (Wildman–Crippen LogP) is 1.92. The Kier molecular flexibility index (Phi) is 5.02. The van der Waals surface area contributed by atoms with Gasteiger partial charge in [0.05, 0.1) is 23.9 Å². The number of likely N-dealkylation sites (tertiary alicyclic amines) is 1. The van der Waals surface area contributed by atoms with Gasteiger partial charge in [-0.05, 0) is 44.1 Å². The van der Waals surface area contributed by atoms with Gasteiger partial charge in [0.25, 0.3) is 0 Å². The number of fused-ring (bicyclic) bond motifs is 1. The molecule has 1 N–H and O–H groups in total. The molecule has 1 aromatic rings. The van der Waals surface area contributed by atoms with Gasteiger partial charge in [0.1, 0.15) is 0 Å². The smallest absolute Gasteiger partial charge is 0.222 e. The molecule has 3 rings (SSSR count). The number of carbonyl (C=O) groups excluding carboxylic acids is 1. The lowest BCUT2D eigenvalue weighted by atomic mass is 9.79. The summed E-state index contributed by atoms with van der Waals surface area (Å²) in [4.78, 5) is 14.7. The van der Waals surface area contributed by atoms with E-state index in [0.29, 0.717) is 6.42 Å². The third-order valence-corrected chi connectivity index (χ3v) is 5.61. The number of amides is 1. The molecule has 23 heavy (non-hydrogen) atoms. The molecule has 2 aliphatic rings. The van der Waals surface area contributed by atoms with Crippen LogP contribution < -0.4 is 0 Å². The molecule has 128 valence electrons. The van der Waals surface area contributed by atoms with Crippen LogP contribution in [0.3, 0.4) is 0 Å². The van der Waals surface area contributed by atoms with Crippen LogP contribution in [-0.2, 0) is 20.7 Å². The number of ether oxygens (including phenoxy) is 2. The Bertz CT molecular complexity index is 519. The van der Waals surface area contributed by atoms with Crippen molar-refractivity contribution in [2.24, 2.45) is 0 Å². The minimum atomic E-state index is -0.157. The van der Waals surface area contributed by atoms with Crippen LogP contribution in [0.4, 0.5) is 0 Å². The van der Waals surface area contributed by atoms with Crippen molar-refractivity contribution in [1.82, 2.24) is 15.1 Å². The molecule has 0 unspecified atom stereocenters. The number of nitrogens with one attached hydrogen (secondary N) is 1. The molecule has 0 aromatic carbocycles. The summed E-state index contributed by atoms with van der Waals surface area (Å²) in [6, 6.07) is 0.160. The molecule has 2 heterocycles. The number of hydrogen-bond donors (Lipinski definition) is 1. The van der Waals surface area contributed by atoms with E-state index in [1.165, 1.54) is 0 Å². The summed E-state index contributed by atoms with van der Waals surface area (Å²) >= 11 is 0. The highest BCUT2D eigenvalue weighted by atomic mass is 16.5. The second-order valence-corrected chi connectivity index (χ2v) is 6.71. The lowest BCUT2D eigenvalue weighted by Gasteiger charge is -2.43. The van der Waals surface area contributed by atoms with Gasteiger partial charge < -0.3 is 14.4 Å². The first-order chi connectivity index (χ1) is 11.2. The highest BCUT2D eigenvalue weighted by molar-refractivity contribution is 5.77. The maximum atomic E-state index is 12.7. The third-order valence-electron chi connectivity index (χ3n) is 5.61. The molecule has 6 nitrogen and oxygen atoms in total. The van der Waals surface area contributed by atoms with Gasteiger partial charge in [0, 0.05) is 33.4 Å². The SMILES string of the molecule is CO[C@@H]1CC[C@@]2(OC)CCN(C(=O)CCCc3cn[nH]c3)[C@H]2C1. The lowest BCUT2D eigenvalue weighted by Crippen LogP contribution is -2.53. The van der Waals surface area contributed by atoms with Crippen LogP contribution in [0.5, 0.6) is 0 Å². The van der Waals surface area contributed by atoms with Crippen molar-refractivity contribution in [3.05, 3.63) is 18.0 Å². The second kappa shape index (κ2) is 7.01.